The number of primary amides is 1. The highest BCUT2D eigenvalue weighted by atomic mass is 16.1. The van der Waals surface area contributed by atoms with Gasteiger partial charge in [-0.25, -0.2) is 0 Å². The SMILES string of the molecule is C=CN=C(C=C(C)C)C(N)=O. The number of hydrogen-bond acceptors (Lipinski definition) is 2. The Labute approximate surface area is 66.3 Å². The second-order valence-electron chi connectivity index (χ2n) is 2.28. The van der Waals surface area contributed by atoms with Crippen LogP contribution in [-0.4, -0.2) is 11.6 Å². The Balaban J connectivity index is 4.63. The molecule has 2 N–H and O–H groups in total. The van der Waals surface area contributed by atoms with Crippen molar-refractivity contribution in [3.05, 3.63) is 24.4 Å². The predicted octanol–water partition coefficient (Wildman–Crippen LogP) is 1.02. The number of nitrogens with zero attached hydrogens (tertiary/aromatic N) is 1. The van der Waals surface area contributed by atoms with Crippen molar-refractivity contribution in [3.8, 4) is 0 Å². The van der Waals surface area contributed by atoms with Crippen LogP contribution in [0.2, 0.25) is 0 Å². The van der Waals surface area contributed by atoms with Crippen molar-refractivity contribution in [1.82, 2.24) is 0 Å². The first-order valence-corrected chi connectivity index (χ1v) is 3.21. The number of aliphatic imine (C=N–C) groups is 1. The van der Waals surface area contributed by atoms with Crippen molar-refractivity contribution in [2.45, 2.75) is 13.8 Å². The van der Waals surface area contributed by atoms with Crippen LogP contribution in [0.4, 0.5) is 0 Å². The molecule has 0 aliphatic heterocycles. The molecule has 3 heteroatoms. The largest absolute Gasteiger partial charge is 0.364 e. The van der Waals surface area contributed by atoms with Crippen LogP contribution in [0.25, 0.3) is 0 Å². The summed E-state index contributed by atoms with van der Waals surface area (Å²) in [4.78, 5) is 14.3. The molecule has 0 bridgehead atoms. The van der Waals surface area contributed by atoms with Gasteiger partial charge in [0.25, 0.3) is 5.91 Å². The van der Waals surface area contributed by atoms with Crippen molar-refractivity contribution in [2.24, 2.45) is 10.7 Å². The van der Waals surface area contributed by atoms with Crippen LogP contribution in [0.5, 0.6) is 0 Å². The third kappa shape index (κ3) is 4.08. The molecule has 3 nitrogen and oxygen atoms in total. The molecule has 0 atom stereocenters. The van der Waals surface area contributed by atoms with Gasteiger partial charge >= 0.3 is 0 Å². The molecule has 0 saturated heterocycles. The first kappa shape index (κ1) is 9.62. The quantitative estimate of drug-likeness (QED) is 0.603. The number of hydrogen-bond donors (Lipinski definition) is 1. The summed E-state index contributed by atoms with van der Waals surface area (Å²) in [6.07, 6.45) is 2.91. The number of carbonyl (C=O) groups is 1. The van der Waals surface area contributed by atoms with Crippen LogP contribution in [0, 0.1) is 0 Å². The van der Waals surface area contributed by atoms with E-state index in [1.54, 1.807) is 6.08 Å². The molecular weight excluding hydrogens is 140 g/mol. The molecule has 0 spiro atoms. The van der Waals surface area contributed by atoms with E-state index in [0.29, 0.717) is 0 Å². The third-order valence-electron chi connectivity index (χ3n) is 0.908. The van der Waals surface area contributed by atoms with Crippen molar-refractivity contribution >= 4 is 11.6 Å². The van der Waals surface area contributed by atoms with Crippen LogP contribution >= 0.6 is 0 Å². The minimum absolute atomic E-state index is 0.236. The van der Waals surface area contributed by atoms with E-state index in [9.17, 15) is 4.79 Å². The normalized spacial score (nSPS) is 10.5. The second kappa shape index (κ2) is 4.44. The molecule has 0 aromatic rings. The molecule has 11 heavy (non-hydrogen) atoms. The molecule has 0 fully saturated rings. The Morgan fingerprint density at radius 3 is 2.36 bits per heavy atom. The minimum Gasteiger partial charge on any atom is -0.364 e. The van der Waals surface area contributed by atoms with Crippen molar-refractivity contribution in [3.63, 3.8) is 0 Å². The highest BCUT2D eigenvalue weighted by Gasteiger charge is 2.00. The fraction of sp³-hybridized carbons (Fsp3) is 0.250. The predicted molar refractivity (Wildman–Crippen MR) is 46.3 cm³/mol. The van der Waals surface area contributed by atoms with Crippen LogP contribution in [0.3, 0.4) is 0 Å². The number of nitrogens with two attached hydrogens (primary N) is 1. The maximum absolute atomic E-state index is 10.6. The van der Waals surface area contributed by atoms with Gasteiger partial charge in [-0.1, -0.05) is 12.2 Å². The third-order valence-corrected chi connectivity index (χ3v) is 0.908. The molecule has 0 aliphatic carbocycles. The molecule has 0 aliphatic rings. The summed E-state index contributed by atoms with van der Waals surface area (Å²) in [5.74, 6) is -0.536. The lowest BCUT2D eigenvalue weighted by Crippen LogP contribution is -2.21. The Hall–Kier alpha value is -1.38. The van der Waals surface area contributed by atoms with E-state index in [4.69, 9.17) is 5.73 Å². The van der Waals surface area contributed by atoms with Crippen LogP contribution in [0.1, 0.15) is 13.8 Å². The molecule has 0 unspecified atom stereocenters. The first-order chi connectivity index (χ1) is 5.07. The summed E-state index contributed by atoms with van der Waals surface area (Å²) in [7, 11) is 0. The summed E-state index contributed by atoms with van der Waals surface area (Å²) in [5, 5.41) is 0. The maximum atomic E-state index is 10.6. The van der Waals surface area contributed by atoms with E-state index in [1.807, 2.05) is 13.8 Å². The summed E-state index contributed by atoms with van der Waals surface area (Å²) in [6.45, 7) is 7.09. The summed E-state index contributed by atoms with van der Waals surface area (Å²) >= 11 is 0. The smallest absolute Gasteiger partial charge is 0.267 e. The molecule has 0 saturated carbocycles. The molecule has 0 radical (unpaired) electrons. The Kier molecular flexibility index (Phi) is 3.88. The van der Waals surface area contributed by atoms with Crippen LogP contribution < -0.4 is 5.73 Å². The number of allylic oxidation sites excluding steroid dienone is 1. The highest BCUT2D eigenvalue weighted by Crippen LogP contribution is 1.91. The number of amides is 1. The zero-order chi connectivity index (χ0) is 8.85. The van der Waals surface area contributed by atoms with Gasteiger partial charge in [-0.3, -0.25) is 9.79 Å². The molecule has 0 aromatic carbocycles. The lowest BCUT2D eigenvalue weighted by atomic mass is 10.2. The highest BCUT2D eigenvalue weighted by molar-refractivity contribution is 6.43. The zero-order valence-electron chi connectivity index (χ0n) is 6.79. The molecule has 60 valence electrons. The minimum atomic E-state index is -0.536. The van der Waals surface area contributed by atoms with Gasteiger partial charge in [0.2, 0.25) is 0 Å². The zero-order valence-corrected chi connectivity index (χ0v) is 6.79. The lowest BCUT2D eigenvalue weighted by Gasteiger charge is -1.93. The van der Waals surface area contributed by atoms with Gasteiger partial charge < -0.3 is 5.73 Å². The van der Waals surface area contributed by atoms with Gasteiger partial charge in [-0.15, -0.1) is 0 Å². The standard InChI is InChI=1S/C8H12N2O/c1-4-10-7(8(9)11)5-6(2)3/h4-5H,1H2,2-3H3,(H2,9,11). The van der Waals surface area contributed by atoms with Gasteiger partial charge in [-0.2, -0.15) is 0 Å². The van der Waals surface area contributed by atoms with Gasteiger partial charge in [0.15, 0.2) is 0 Å². The molecule has 0 aromatic heterocycles. The average Bonchev–Trinajstić information content (AvgIpc) is 1.86. The molecule has 0 rings (SSSR count). The Bertz CT molecular complexity index is 222. The van der Waals surface area contributed by atoms with Crippen molar-refractivity contribution in [1.29, 1.82) is 0 Å². The maximum Gasteiger partial charge on any atom is 0.267 e. The topological polar surface area (TPSA) is 55.4 Å². The summed E-state index contributed by atoms with van der Waals surface area (Å²) < 4.78 is 0. The van der Waals surface area contributed by atoms with Crippen LogP contribution in [-0.2, 0) is 4.79 Å². The fourth-order valence-corrected chi connectivity index (χ4v) is 0.544. The van der Waals surface area contributed by atoms with Gasteiger partial charge in [0, 0.05) is 6.20 Å². The fourth-order valence-electron chi connectivity index (χ4n) is 0.544. The Morgan fingerprint density at radius 1 is 1.55 bits per heavy atom. The average molecular weight is 152 g/mol. The van der Waals surface area contributed by atoms with Crippen molar-refractivity contribution in [2.75, 3.05) is 0 Å². The van der Waals surface area contributed by atoms with E-state index in [1.165, 1.54) is 6.20 Å². The summed E-state index contributed by atoms with van der Waals surface area (Å²) in [6, 6.07) is 0. The monoisotopic (exact) mass is 152 g/mol. The van der Waals surface area contributed by atoms with Crippen LogP contribution in [0.15, 0.2) is 29.4 Å². The van der Waals surface area contributed by atoms with Gasteiger partial charge in [0.1, 0.15) is 5.71 Å². The van der Waals surface area contributed by atoms with E-state index in [0.717, 1.165) is 5.57 Å². The van der Waals surface area contributed by atoms with Crippen molar-refractivity contribution < 1.29 is 4.79 Å². The second-order valence-corrected chi connectivity index (χ2v) is 2.28. The van der Waals surface area contributed by atoms with E-state index in [2.05, 4.69) is 11.6 Å². The number of carbonyl (C=O) groups excluding carboxylic acids is 1. The molecule has 1 amide bonds. The van der Waals surface area contributed by atoms with E-state index >= 15 is 0 Å². The van der Waals surface area contributed by atoms with Gasteiger partial charge in [0.05, 0.1) is 0 Å². The first-order valence-electron chi connectivity index (χ1n) is 3.21. The molecule has 0 heterocycles. The van der Waals surface area contributed by atoms with E-state index in [-0.39, 0.29) is 5.71 Å². The Morgan fingerprint density at radius 2 is 2.09 bits per heavy atom. The summed E-state index contributed by atoms with van der Waals surface area (Å²) in [5.41, 5.74) is 6.22. The number of rotatable bonds is 3. The van der Waals surface area contributed by atoms with Gasteiger partial charge in [-0.05, 0) is 19.9 Å². The van der Waals surface area contributed by atoms with E-state index < -0.39 is 5.91 Å². The lowest BCUT2D eigenvalue weighted by molar-refractivity contribution is -0.111. The molecular formula is C8H12N2O.